The molecule has 1 atom stereocenters. The second-order valence-electron chi connectivity index (χ2n) is 6.88. The minimum absolute atomic E-state index is 0.0841. The molecule has 2 heterocycles. The van der Waals surface area contributed by atoms with Gasteiger partial charge in [0.1, 0.15) is 11.4 Å². The van der Waals surface area contributed by atoms with Crippen molar-refractivity contribution >= 4 is 29.2 Å². The molecule has 1 aromatic rings. The molecule has 2 saturated heterocycles. The summed E-state index contributed by atoms with van der Waals surface area (Å²) in [6.45, 7) is 1.20. The lowest BCUT2D eigenvalue weighted by atomic mass is 9.97. The van der Waals surface area contributed by atoms with Crippen molar-refractivity contribution in [2.75, 3.05) is 18.0 Å². The molecule has 3 fully saturated rings. The lowest BCUT2D eigenvalue weighted by Gasteiger charge is -2.24. The van der Waals surface area contributed by atoms with Gasteiger partial charge in [0, 0.05) is 18.8 Å². The molecular weight excluding hydrogens is 333 g/mol. The van der Waals surface area contributed by atoms with Crippen LogP contribution >= 0.6 is 11.6 Å². The summed E-state index contributed by atoms with van der Waals surface area (Å²) in [6, 6.07) is 4.24. The van der Waals surface area contributed by atoms with Crippen LogP contribution in [0.4, 0.5) is 14.9 Å². The zero-order valence-electron chi connectivity index (χ0n) is 13.2. The number of amides is 3. The SMILES string of the molecule is O=C1NC2(CCCC2)C(=O)N1C1CCN(c2ccc(Cl)c(F)c2)C1. The Morgan fingerprint density at radius 2 is 2.00 bits per heavy atom. The Morgan fingerprint density at radius 3 is 2.71 bits per heavy atom. The average Bonchev–Trinajstić information content (AvgIpc) is 3.25. The van der Waals surface area contributed by atoms with Gasteiger partial charge in [0.15, 0.2) is 0 Å². The van der Waals surface area contributed by atoms with Crippen molar-refractivity contribution < 1.29 is 14.0 Å². The van der Waals surface area contributed by atoms with Crippen molar-refractivity contribution in [1.29, 1.82) is 0 Å². The number of rotatable bonds is 2. The summed E-state index contributed by atoms with van der Waals surface area (Å²) in [5.41, 5.74) is 0.0543. The number of hydrogen-bond acceptors (Lipinski definition) is 3. The molecule has 1 N–H and O–H groups in total. The fraction of sp³-hybridized carbons (Fsp3) is 0.529. The molecule has 3 aliphatic rings. The summed E-state index contributed by atoms with van der Waals surface area (Å²) < 4.78 is 13.7. The summed E-state index contributed by atoms with van der Waals surface area (Å²) in [5, 5.41) is 3.01. The Bertz CT molecular complexity index is 705. The van der Waals surface area contributed by atoms with Gasteiger partial charge in [-0.3, -0.25) is 9.69 Å². The first-order chi connectivity index (χ1) is 11.5. The number of urea groups is 1. The molecule has 0 radical (unpaired) electrons. The average molecular weight is 352 g/mol. The Kier molecular flexibility index (Phi) is 3.67. The largest absolute Gasteiger partial charge is 0.369 e. The van der Waals surface area contributed by atoms with Gasteiger partial charge in [-0.15, -0.1) is 0 Å². The fourth-order valence-corrected chi connectivity index (χ4v) is 4.28. The van der Waals surface area contributed by atoms with Crippen molar-refractivity contribution in [3.63, 3.8) is 0 Å². The van der Waals surface area contributed by atoms with Gasteiger partial charge < -0.3 is 10.2 Å². The first-order valence-electron chi connectivity index (χ1n) is 8.36. The maximum Gasteiger partial charge on any atom is 0.325 e. The number of nitrogens with one attached hydrogen (secondary N) is 1. The molecule has 1 aliphatic carbocycles. The quantitative estimate of drug-likeness (QED) is 0.833. The van der Waals surface area contributed by atoms with Gasteiger partial charge >= 0.3 is 6.03 Å². The van der Waals surface area contributed by atoms with Gasteiger partial charge in [-0.05, 0) is 37.5 Å². The van der Waals surface area contributed by atoms with E-state index in [0.29, 0.717) is 19.5 Å². The van der Waals surface area contributed by atoms with Crippen LogP contribution in [0, 0.1) is 5.82 Å². The van der Waals surface area contributed by atoms with E-state index in [-0.39, 0.29) is 23.0 Å². The van der Waals surface area contributed by atoms with Crippen LogP contribution in [0.15, 0.2) is 18.2 Å². The van der Waals surface area contributed by atoms with E-state index >= 15 is 0 Å². The first kappa shape index (κ1) is 15.7. The van der Waals surface area contributed by atoms with Crippen LogP contribution in [-0.4, -0.2) is 41.5 Å². The van der Waals surface area contributed by atoms with Crippen LogP contribution in [-0.2, 0) is 4.79 Å². The monoisotopic (exact) mass is 351 g/mol. The molecular formula is C17H19ClFN3O2. The summed E-state index contributed by atoms with van der Waals surface area (Å²) in [7, 11) is 0. The van der Waals surface area contributed by atoms with E-state index in [1.807, 2.05) is 4.90 Å². The smallest absolute Gasteiger partial charge is 0.325 e. The Balaban J connectivity index is 1.51. The third-order valence-electron chi connectivity index (χ3n) is 5.45. The number of imide groups is 1. The first-order valence-corrected chi connectivity index (χ1v) is 8.74. The molecule has 0 aromatic heterocycles. The van der Waals surface area contributed by atoms with E-state index in [9.17, 15) is 14.0 Å². The topological polar surface area (TPSA) is 52.7 Å². The predicted molar refractivity (Wildman–Crippen MR) is 88.6 cm³/mol. The Morgan fingerprint density at radius 1 is 1.25 bits per heavy atom. The molecule has 1 aromatic carbocycles. The van der Waals surface area contributed by atoms with Crippen LogP contribution in [0.3, 0.4) is 0 Å². The van der Waals surface area contributed by atoms with E-state index in [2.05, 4.69) is 5.32 Å². The molecule has 2 aliphatic heterocycles. The van der Waals surface area contributed by atoms with Gasteiger partial charge in [0.25, 0.3) is 5.91 Å². The second kappa shape index (κ2) is 5.62. The van der Waals surface area contributed by atoms with Crippen molar-refractivity contribution in [3.05, 3.63) is 29.0 Å². The van der Waals surface area contributed by atoms with Crippen LogP contribution in [0.2, 0.25) is 5.02 Å². The molecule has 4 rings (SSSR count). The summed E-state index contributed by atoms with van der Waals surface area (Å²) >= 11 is 5.73. The summed E-state index contributed by atoms with van der Waals surface area (Å²) in [6.07, 6.45) is 4.10. The molecule has 24 heavy (non-hydrogen) atoms. The number of halogens is 2. The number of hydrogen-bond donors (Lipinski definition) is 1. The highest BCUT2D eigenvalue weighted by molar-refractivity contribution is 6.30. The third kappa shape index (κ3) is 2.35. The highest BCUT2D eigenvalue weighted by atomic mass is 35.5. The normalized spacial score (nSPS) is 25.8. The van der Waals surface area contributed by atoms with Crippen LogP contribution in [0.1, 0.15) is 32.1 Å². The Labute approximate surface area is 144 Å². The standard InChI is InChI=1S/C17H19ClFN3O2/c18-13-4-3-11(9-14(13)19)21-8-5-12(10-21)22-15(23)17(20-16(22)24)6-1-2-7-17/h3-4,9,12H,1-2,5-8,10H2,(H,20,24). The van der Waals surface area contributed by atoms with E-state index < -0.39 is 11.4 Å². The fourth-order valence-electron chi connectivity index (χ4n) is 4.16. The lowest BCUT2D eigenvalue weighted by Crippen LogP contribution is -2.46. The van der Waals surface area contributed by atoms with Crippen LogP contribution < -0.4 is 10.2 Å². The number of benzene rings is 1. The zero-order chi connectivity index (χ0) is 16.9. The Hall–Kier alpha value is -1.82. The predicted octanol–water partition coefficient (Wildman–Crippen LogP) is 2.92. The highest BCUT2D eigenvalue weighted by Gasteiger charge is 2.54. The van der Waals surface area contributed by atoms with Gasteiger partial charge in [-0.25, -0.2) is 9.18 Å². The number of carbonyl (C=O) groups excluding carboxylic acids is 2. The minimum atomic E-state index is -0.670. The minimum Gasteiger partial charge on any atom is -0.369 e. The van der Waals surface area contributed by atoms with Crippen molar-refractivity contribution in [1.82, 2.24) is 10.2 Å². The molecule has 5 nitrogen and oxygen atoms in total. The third-order valence-corrected chi connectivity index (χ3v) is 5.75. The molecule has 128 valence electrons. The lowest BCUT2D eigenvalue weighted by molar-refractivity contribution is -0.132. The van der Waals surface area contributed by atoms with E-state index in [1.54, 1.807) is 6.07 Å². The van der Waals surface area contributed by atoms with Gasteiger partial charge in [-0.2, -0.15) is 0 Å². The molecule has 1 saturated carbocycles. The van der Waals surface area contributed by atoms with Crippen molar-refractivity contribution in [2.45, 2.75) is 43.7 Å². The van der Waals surface area contributed by atoms with Crippen molar-refractivity contribution in [3.8, 4) is 0 Å². The number of nitrogens with zero attached hydrogens (tertiary/aromatic N) is 2. The summed E-state index contributed by atoms with van der Waals surface area (Å²) in [4.78, 5) is 28.6. The molecule has 7 heteroatoms. The van der Waals surface area contributed by atoms with Gasteiger partial charge in [0.2, 0.25) is 0 Å². The van der Waals surface area contributed by atoms with Gasteiger partial charge in [-0.1, -0.05) is 24.4 Å². The van der Waals surface area contributed by atoms with Crippen LogP contribution in [0.25, 0.3) is 0 Å². The molecule has 1 unspecified atom stereocenters. The molecule has 3 amide bonds. The van der Waals surface area contributed by atoms with Crippen molar-refractivity contribution in [2.24, 2.45) is 0 Å². The van der Waals surface area contributed by atoms with Gasteiger partial charge in [0.05, 0.1) is 11.1 Å². The van der Waals surface area contributed by atoms with E-state index in [4.69, 9.17) is 11.6 Å². The molecule has 1 spiro atoms. The number of anilines is 1. The van der Waals surface area contributed by atoms with E-state index in [0.717, 1.165) is 31.4 Å². The molecule has 0 bridgehead atoms. The summed E-state index contributed by atoms with van der Waals surface area (Å²) in [5.74, 6) is -0.545. The van der Waals surface area contributed by atoms with Crippen LogP contribution in [0.5, 0.6) is 0 Å². The second-order valence-corrected chi connectivity index (χ2v) is 7.29. The van der Waals surface area contributed by atoms with E-state index in [1.165, 1.54) is 17.0 Å². The maximum atomic E-state index is 13.7. The maximum absolute atomic E-state index is 13.7. The zero-order valence-corrected chi connectivity index (χ0v) is 14.0. The highest BCUT2D eigenvalue weighted by Crippen LogP contribution is 2.37. The number of carbonyl (C=O) groups is 2.